The number of aryl methyl sites for hydroxylation is 2. The molecule has 1 spiro atoms. The highest BCUT2D eigenvalue weighted by atomic mass is 16.6. The zero-order valence-electron chi connectivity index (χ0n) is 27.5. The first-order valence-electron chi connectivity index (χ1n) is 16.6. The molecule has 6 atom stereocenters. The molecule has 2 unspecified atom stereocenters. The van der Waals surface area contributed by atoms with Crippen molar-refractivity contribution in [3.8, 4) is 0 Å². The minimum atomic E-state index is -1.24. The van der Waals surface area contributed by atoms with E-state index in [0.29, 0.717) is 32.1 Å². The Kier molecular flexibility index (Phi) is 10.2. The lowest BCUT2D eigenvalue weighted by Gasteiger charge is -2.40. The van der Waals surface area contributed by atoms with Crippen LogP contribution in [-0.4, -0.2) is 70.8 Å². The largest absolute Gasteiger partial charge is 0.465 e. The topological polar surface area (TPSA) is 96.4 Å². The molecule has 3 fully saturated rings. The van der Waals surface area contributed by atoms with Crippen LogP contribution in [-0.2, 0) is 30.3 Å². The van der Waals surface area contributed by atoms with Crippen molar-refractivity contribution in [3.63, 3.8) is 0 Å². The Balaban J connectivity index is 1.60. The average molecular weight is 629 g/mol. The average Bonchev–Trinajstić information content (AvgIpc) is 3.67. The Morgan fingerprint density at radius 2 is 1.89 bits per heavy atom. The van der Waals surface area contributed by atoms with E-state index in [0.717, 1.165) is 35.2 Å². The maximum absolute atomic E-state index is 15.1. The number of allylic oxidation sites excluding steroid dienone is 1. The maximum atomic E-state index is 15.1. The van der Waals surface area contributed by atoms with Crippen molar-refractivity contribution in [3.05, 3.63) is 90.5 Å². The molecule has 2 amide bonds. The lowest BCUT2D eigenvalue weighted by atomic mass is 9.65. The number of unbranched alkanes of at least 4 members (excludes halogenated alkanes) is 2. The molecule has 2 bridgehead atoms. The number of rotatable bonds is 15. The molecule has 2 aromatic rings. The molecule has 5 rings (SSSR count). The highest BCUT2D eigenvalue weighted by molar-refractivity contribution is 6.05. The summed E-state index contributed by atoms with van der Waals surface area (Å²) >= 11 is 0. The number of likely N-dealkylation sites (tertiary alicyclic amines) is 1. The van der Waals surface area contributed by atoms with Crippen LogP contribution in [0.1, 0.15) is 62.1 Å². The van der Waals surface area contributed by atoms with Gasteiger partial charge in [0.05, 0.1) is 30.8 Å². The monoisotopic (exact) mass is 628 g/mol. The van der Waals surface area contributed by atoms with Crippen molar-refractivity contribution in [2.45, 2.75) is 89.0 Å². The van der Waals surface area contributed by atoms with Crippen LogP contribution in [0, 0.1) is 25.7 Å². The summed E-state index contributed by atoms with van der Waals surface area (Å²) in [5.74, 6) is -2.83. The summed E-state index contributed by atoms with van der Waals surface area (Å²) in [6, 6.07) is 13.8. The fourth-order valence-electron chi connectivity index (χ4n) is 8.07. The summed E-state index contributed by atoms with van der Waals surface area (Å²) in [5, 5.41) is 10.8. The van der Waals surface area contributed by atoms with Gasteiger partial charge in [-0.25, -0.2) is 0 Å². The molecule has 2 aromatic carbocycles. The number of amides is 2. The predicted octanol–water partition coefficient (Wildman–Crippen LogP) is 5.48. The van der Waals surface area contributed by atoms with Crippen LogP contribution in [0.4, 0.5) is 5.69 Å². The van der Waals surface area contributed by atoms with Crippen LogP contribution in [0.5, 0.6) is 0 Å². The highest BCUT2D eigenvalue weighted by Gasteiger charge is 2.79. The van der Waals surface area contributed by atoms with Gasteiger partial charge in [0.15, 0.2) is 0 Å². The zero-order valence-corrected chi connectivity index (χ0v) is 27.5. The summed E-state index contributed by atoms with van der Waals surface area (Å²) in [5.41, 5.74) is 1.42. The fourth-order valence-corrected chi connectivity index (χ4v) is 8.07. The Morgan fingerprint density at radius 1 is 1.13 bits per heavy atom. The molecule has 8 nitrogen and oxygen atoms in total. The van der Waals surface area contributed by atoms with E-state index in [1.807, 2.05) is 75.4 Å². The first-order valence-corrected chi connectivity index (χ1v) is 16.6. The third-order valence-electron chi connectivity index (χ3n) is 10.3. The lowest BCUT2D eigenvalue weighted by molar-refractivity contribution is -0.162. The molecule has 1 N–H and O–H groups in total. The number of hydrogen-bond acceptors (Lipinski definition) is 6. The van der Waals surface area contributed by atoms with E-state index in [4.69, 9.17) is 9.47 Å². The molecular weight excluding hydrogens is 580 g/mol. The smallest absolute Gasteiger partial charge is 0.312 e. The Morgan fingerprint density at radius 3 is 2.57 bits per heavy atom. The second kappa shape index (κ2) is 13.9. The number of anilines is 1. The number of hydrogen-bond donors (Lipinski definition) is 1. The van der Waals surface area contributed by atoms with Gasteiger partial charge in [0.25, 0.3) is 5.91 Å². The normalized spacial score (nSPS) is 26.9. The molecule has 3 aliphatic rings. The van der Waals surface area contributed by atoms with E-state index < -0.39 is 41.1 Å². The minimum Gasteiger partial charge on any atom is -0.465 e. The number of fused-ring (bicyclic) bond motifs is 1. The van der Waals surface area contributed by atoms with Crippen molar-refractivity contribution in [2.24, 2.45) is 11.8 Å². The van der Waals surface area contributed by atoms with Crippen molar-refractivity contribution in [1.82, 2.24) is 4.90 Å². The third-order valence-corrected chi connectivity index (χ3v) is 10.3. The molecule has 46 heavy (non-hydrogen) atoms. The number of carbonyl (C=O) groups excluding carboxylic acids is 3. The van der Waals surface area contributed by atoms with Crippen LogP contribution >= 0.6 is 0 Å². The van der Waals surface area contributed by atoms with Gasteiger partial charge >= 0.3 is 5.97 Å². The van der Waals surface area contributed by atoms with Gasteiger partial charge in [-0.05, 0) is 81.5 Å². The summed E-state index contributed by atoms with van der Waals surface area (Å²) < 4.78 is 12.8. The molecule has 3 aliphatic heterocycles. The number of esters is 1. The van der Waals surface area contributed by atoms with E-state index in [-0.39, 0.29) is 31.6 Å². The second-order valence-electron chi connectivity index (χ2n) is 13.1. The number of nitrogens with zero attached hydrogens (tertiary/aromatic N) is 2. The molecule has 246 valence electrons. The second-order valence-corrected chi connectivity index (χ2v) is 13.1. The fraction of sp³-hybridized carbons (Fsp3) is 0.500. The predicted molar refractivity (Wildman–Crippen MR) is 178 cm³/mol. The molecular formula is C38H48N2O6. The summed E-state index contributed by atoms with van der Waals surface area (Å²) in [4.78, 5) is 47.1. The first kappa shape index (κ1) is 33.6. The lowest BCUT2D eigenvalue weighted by Crippen LogP contribution is -2.59. The summed E-state index contributed by atoms with van der Waals surface area (Å²) in [6.45, 7) is 13.7. The van der Waals surface area contributed by atoms with E-state index in [2.05, 4.69) is 13.2 Å². The summed E-state index contributed by atoms with van der Waals surface area (Å²) in [6.07, 6.45) is 7.73. The number of aliphatic hydroxyl groups is 1. The Labute approximate surface area is 273 Å². The Bertz CT molecular complexity index is 1460. The zero-order chi connectivity index (χ0) is 33.1. The molecule has 0 aliphatic carbocycles. The van der Waals surface area contributed by atoms with Crippen molar-refractivity contribution in [2.75, 3.05) is 24.7 Å². The van der Waals surface area contributed by atoms with Crippen molar-refractivity contribution < 1.29 is 29.0 Å². The SMILES string of the molecule is C=CCCCCOC(=O)[C@H]1[C@H]2C(=O)N([C@@H](CO)Cc3ccccc3)C(C(=O)N(CC=C)c3cc(C)ccc3C)C23CC[C@]1(CC)O3. The minimum absolute atomic E-state index is 0.222. The quantitative estimate of drug-likeness (QED) is 0.160. The van der Waals surface area contributed by atoms with Crippen LogP contribution in [0.25, 0.3) is 0 Å². The number of aliphatic hydroxyl groups excluding tert-OH is 1. The van der Waals surface area contributed by atoms with Crippen molar-refractivity contribution in [1.29, 1.82) is 0 Å². The van der Waals surface area contributed by atoms with E-state index in [1.165, 1.54) is 0 Å². The van der Waals surface area contributed by atoms with Gasteiger partial charge in [0.1, 0.15) is 17.6 Å². The van der Waals surface area contributed by atoms with Crippen LogP contribution in [0.15, 0.2) is 73.8 Å². The van der Waals surface area contributed by atoms with Gasteiger partial charge in [-0.2, -0.15) is 0 Å². The molecule has 8 heteroatoms. The molecule has 3 heterocycles. The molecule has 0 saturated carbocycles. The van der Waals surface area contributed by atoms with Crippen LogP contribution in [0.2, 0.25) is 0 Å². The van der Waals surface area contributed by atoms with Crippen molar-refractivity contribution >= 4 is 23.5 Å². The first-order chi connectivity index (χ1) is 22.2. The molecule has 3 saturated heterocycles. The van der Waals surface area contributed by atoms with Crippen LogP contribution < -0.4 is 4.90 Å². The number of carbonyl (C=O) groups is 3. The van der Waals surface area contributed by atoms with Gasteiger partial charge in [-0.1, -0.05) is 61.5 Å². The number of ether oxygens (including phenoxy) is 2. The van der Waals surface area contributed by atoms with Gasteiger partial charge in [0, 0.05) is 12.2 Å². The highest BCUT2D eigenvalue weighted by Crippen LogP contribution is 2.65. The standard InChI is InChI=1S/C38H48N2O6/c1-6-9-10-14-22-45-36(44)32-31-34(42)40(29(25-41)24-28-15-12-11-13-16-28)33(38(31)20-19-37(32,8-3)46-38)35(43)39(21-7-2)30-23-26(4)17-18-27(30)5/h6-7,11-13,15-18,23,29,31-33,41H,1-2,8-10,14,19-22,24-25H2,3-5H3/t29-,31+,32-,33?,37+,38?/m1/s1. The number of benzene rings is 2. The molecule has 0 aromatic heterocycles. The Hall–Kier alpha value is -3.75. The summed E-state index contributed by atoms with van der Waals surface area (Å²) in [7, 11) is 0. The van der Waals surface area contributed by atoms with Gasteiger partial charge in [-0.3, -0.25) is 14.4 Å². The van der Waals surface area contributed by atoms with E-state index in [1.54, 1.807) is 15.9 Å². The maximum Gasteiger partial charge on any atom is 0.312 e. The van der Waals surface area contributed by atoms with E-state index in [9.17, 15) is 14.7 Å². The van der Waals surface area contributed by atoms with E-state index >= 15 is 4.79 Å². The van der Waals surface area contributed by atoms with Gasteiger partial charge in [0.2, 0.25) is 5.91 Å². The van der Waals surface area contributed by atoms with Gasteiger partial charge in [-0.15, -0.1) is 13.2 Å². The van der Waals surface area contributed by atoms with Crippen LogP contribution in [0.3, 0.4) is 0 Å². The van der Waals surface area contributed by atoms with Gasteiger partial charge < -0.3 is 24.4 Å². The molecule has 0 radical (unpaired) electrons. The third kappa shape index (κ3) is 5.82.